The number of thioether (sulfide) groups is 1. The summed E-state index contributed by atoms with van der Waals surface area (Å²) < 4.78 is 5.34. The molecule has 126 valence electrons. The predicted octanol–water partition coefficient (Wildman–Crippen LogP) is 1.82. The summed E-state index contributed by atoms with van der Waals surface area (Å²) in [6, 6.07) is 5.55. The molecule has 7 nitrogen and oxygen atoms in total. The molecule has 1 aliphatic rings. The van der Waals surface area contributed by atoms with E-state index in [1.807, 2.05) is 0 Å². The first kappa shape index (κ1) is 18.0. The van der Waals surface area contributed by atoms with Gasteiger partial charge < -0.3 is 14.9 Å². The highest BCUT2D eigenvalue weighted by Gasteiger charge is 2.38. The topological polar surface area (TPSA) is 104 Å². The molecule has 1 fully saturated rings. The third-order valence-electron chi connectivity index (χ3n) is 3.12. The zero-order chi connectivity index (χ0) is 17.9. The lowest BCUT2D eigenvalue weighted by Crippen LogP contribution is -2.41. The van der Waals surface area contributed by atoms with Gasteiger partial charge in [-0.2, -0.15) is 0 Å². The molecule has 1 aliphatic heterocycles. The van der Waals surface area contributed by atoms with Crippen LogP contribution in [0.5, 0.6) is 5.75 Å². The van der Waals surface area contributed by atoms with Gasteiger partial charge in [0.25, 0.3) is 5.91 Å². The quantitative estimate of drug-likeness (QED) is 0.580. The lowest BCUT2D eigenvalue weighted by atomic mass is 10.2. The fourth-order valence-electron chi connectivity index (χ4n) is 1.94. The van der Waals surface area contributed by atoms with Gasteiger partial charge in [0.15, 0.2) is 6.61 Å². The minimum Gasteiger partial charge on any atom is -0.481 e. The molecule has 2 rings (SSSR count). The third kappa shape index (κ3) is 3.92. The van der Waals surface area contributed by atoms with Gasteiger partial charge in [0.2, 0.25) is 0 Å². The van der Waals surface area contributed by atoms with E-state index in [1.54, 1.807) is 24.3 Å². The Morgan fingerprint density at radius 1 is 1.38 bits per heavy atom. The number of hydrogen-bond acceptors (Lipinski definition) is 6. The van der Waals surface area contributed by atoms with Crippen LogP contribution in [0.15, 0.2) is 29.2 Å². The molecule has 1 aromatic carbocycles. The monoisotopic (exact) mass is 367 g/mol. The third-order valence-corrected chi connectivity index (χ3v) is 4.46. The Hall–Kier alpha value is -2.39. The molecule has 2 N–H and O–H groups in total. The highest BCUT2D eigenvalue weighted by atomic mass is 32.2. The molecule has 9 heteroatoms. The minimum absolute atomic E-state index is 0.157. The van der Waals surface area contributed by atoms with E-state index in [0.717, 1.165) is 16.7 Å². The van der Waals surface area contributed by atoms with Gasteiger partial charge in [-0.15, -0.1) is 0 Å². The van der Waals surface area contributed by atoms with E-state index in [2.05, 4.69) is 0 Å². The van der Waals surface area contributed by atoms with Gasteiger partial charge in [0.1, 0.15) is 16.1 Å². The Bertz CT molecular complexity index is 745. The van der Waals surface area contributed by atoms with E-state index >= 15 is 0 Å². The summed E-state index contributed by atoms with van der Waals surface area (Å²) in [5.74, 6) is -2.48. The van der Waals surface area contributed by atoms with E-state index in [4.69, 9.17) is 27.2 Å². The smallest absolute Gasteiger partial charge is 0.341 e. The lowest BCUT2D eigenvalue weighted by Gasteiger charge is -2.18. The maximum Gasteiger partial charge on any atom is 0.341 e. The van der Waals surface area contributed by atoms with Gasteiger partial charge in [-0.25, -0.2) is 9.59 Å². The number of benzene rings is 1. The molecular weight excluding hydrogens is 354 g/mol. The van der Waals surface area contributed by atoms with Crippen molar-refractivity contribution < 1.29 is 29.3 Å². The molecule has 1 unspecified atom stereocenters. The summed E-state index contributed by atoms with van der Waals surface area (Å²) in [5.41, 5.74) is 0.502. The standard InChI is InChI=1S/C15H13NO6S2/c1-8(14(20)21)16-13(19)11(24-15(16)23)6-9-4-2-3-5-10(9)22-7-12(17)18/h2-6,8H,7H2,1H3,(H,17,18)(H,20,21)/b11-6+. The van der Waals surface area contributed by atoms with Crippen molar-refractivity contribution in [3.8, 4) is 5.75 Å². The zero-order valence-corrected chi connectivity index (χ0v) is 14.1. The van der Waals surface area contributed by atoms with Crippen molar-refractivity contribution in [3.05, 3.63) is 34.7 Å². The van der Waals surface area contributed by atoms with E-state index in [-0.39, 0.29) is 9.23 Å². The predicted molar refractivity (Wildman–Crippen MR) is 91.7 cm³/mol. The summed E-state index contributed by atoms with van der Waals surface area (Å²) in [6.45, 7) is 0.863. The van der Waals surface area contributed by atoms with Crippen molar-refractivity contribution in [1.29, 1.82) is 0 Å². The van der Waals surface area contributed by atoms with Crippen LogP contribution < -0.4 is 4.74 Å². The number of ether oxygens (including phenoxy) is 1. The molecule has 0 aliphatic carbocycles. The minimum atomic E-state index is -1.15. The lowest BCUT2D eigenvalue weighted by molar-refractivity contribution is -0.144. The van der Waals surface area contributed by atoms with Crippen molar-refractivity contribution in [3.63, 3.8) is 0 Å². The first-order valence-corrected chi connectivity index (χ1v) is 7.97. The molecule has 1 atom stereocenters. The number of carboxylic acid groups (broad SMARTS) is 2. The highest BCUT2D eigenvalue weighted by molar-refractivity contribution is 8.26. The number of amides is 1. The molecule has 0 saturated carbocycles. The first-order chi connectivity index (χ1) is 11.3. The number of carbonyl (C=O) groups excluding carboxylic acids is 1. The number of aliphatic carboxylic acids is 2. The molecule has 24 heavy (non-hydrogen) atoms. The summed E-state index contributed by atoms with van der Waals surface area (Å²) in [6.07, 6.45) is 1.51. The average molecular weight is 367 g/mol. The number of para-hydroxylation sites is 1. The molecular formula is C15H13NO6S2. The summed E-state index contributed by atoms with van der Waals surface area (Å²) >= 11 is 6.07. The SMILES string of the molecule is CC(C(=O)O)N1C(=O)/C(=C\c2ccccc2OCC(=O)O)SC1=S. The van der Waals surface area contributed by atoms with Crippen LogP contribution in [0.4, 0.5) is 0 Å². The Kier molecular flexibility index (Phi) is 5.58. The summed E-state index contributed by atoms with van der Waals surface area (Å²) in [4.78, 5) is 35.4. The van der Waals surface area contributed by atoms with Gasteiger partial charge >= 0.3 is 11.9 Å². The van der Waals surface area contributed by atoms with E-state index in [1.165, 1.54) is 13.0 Å². The Balaban J connectivity index is 2.29. The molecule has 1 heterocycles. The molecule has 0 aromatic heterocycles. The zero-order valence-electron chi connectivity index (χ0n) is 12.5. The van der Waals surface area contributed by atoms with Gasteiger partial charge in [-0.1, -0.05) is 42.2 Å². The fourth-order valence-corrected chi connectivity index (χ4v) is 3.35. The maximum atomic E-state index is 12.4. The second-order valence-electron chi connectivity index (χ2n) is 4.79. The number of thiocarbonyl (C=S) groups is 1. The van der Waals surface area contributed by atoms with E-state index < -0.39 is 30.5 Å². The largest absolute Gasteiger partial charge is 0.481 e. The number of carbonyl (C=O) groups is 3. The van der Waals surface area contributed by atoms with Crippen LogP contribution in [-0.4, -0.2) is 49.9 Å². The van der Waals surface area contributed by atoms with Gasteiger partial charge in [0.05, 0.1) is 4.91 Å². The van der Waals surface area contributed by atoms with Crippen LogP contribution in [-0.2, 0) is 14.4 Å². The molecule has 1 amide bonds. The summed E-state index contributed by atoms with van der Waals surface area (Å²) in [7, 11) is 0. The Morgan fingerprint density at radius 2 is 2.04 bits per heavy atom. The van der Waals surface area contributed by atoms with Crippen LogP contribution in [0, 0.1) is 0 Å². The van der Waals surface area contributed by atoms with Crippen LogP contribution in [0.1, 0.15) is 12.5 Å². The van der Waals surface area contributed by atoms with Crippen molar-refractivity contribution in [2.75, 3.05) is 6.61 Å². The molecule has 1 saturated heterocycles. The average Bonchev–Trinajstić information content (AvgIpc) is 2.79. The second-order valence-corrected chi connectivity index (χ2v) is 6.46. The van der Waals surface area contributed by atoms with Crippen molar-refractivity contribution >= 4 is 52.2 Å². The van der Waals surface area contributed by atoms with Crippen LogP contribution in [0.3, 0.4) is 0 Å². The van der Waals surface area contributed by atoms with Crippen molar-refractivity contribution in [1.82, 2.24) is 4.90 Å². The molecule has 1 aromatic rings. The van der Waals surface area contributed by atoms with Crippen molar-refractivity contribution in [2.24, 2.45) is 0 Å². The van der Waals surface area contributed by atoms with Crippen LogP contribution >= 0.6 is 24.0 Å². The van der Waals surface area contributed by atoms with Gasteiger partial charge in [0, 0.05) is 5.56 Å². The number of carboxylic acids is 2. The Labute approximate surface area is 146 Å². The summed E-state index contributed by atoms with van der Waals surface area (Å²) in [5, 5.41) is 17.8. The first-order valence-electron chi connectivity index (χ1n) is 6.74. The molecule has 0 bridgehead atoms. The molecule has 0 spiro atoms. The highest BCUT2D eigenvalue weighted by Crippen LogP contribution is 2.35. The van der Waals surface area contributed by atoms with Gasteiger partial charge in [-0.05, 0) is 19.1 Å². The van der Waals surface area contributed by atoms with Crippen LogP contribution in [0.2, 0.25) is 0 Å². The number of rotatable bonds is 6. The molecule has 0 radical (unpaired) electrons. The number of hydrogen-bond donors (Lipinski definition) is 2. The number of nitrogens with zero attached hydrogens (tertiary/aromatic N) is 1. The van der Waals surface area contributed by atoms with Crippen molar-refractivity contribution in [2.45, 2.75) is 13.0 Å². The Morgan fingerprint density at radius 3 is 2.67 bits per heavy atom. The second kappa shape index (κ2) is 7.45. The maximum absolute atomic E-state index is 12.4. The van der Waals surface area contributed by atoms with Crippen LogP contribution in [0.25, 0.3) is 6.08 Å². The fraction of sp³-hybridized carbons (Fsp3) is 0.200. The van der Waals surface area contributed by atoms with E-state index in [0.29, 0.717) is 11.3 Å². The van der Waals surface area contributed by atoms with E-state index in [9.17, 15) is 14.4 Å². The normalized spacial score (nSPS) is 17.2. The van der Waals surface area contributed by atoms with Gasteiger partial charge in [-0.3, -0.25) is 9.69 Å².